The maximum atomic E-state index is 2.33. The van der Waals surface area contributed by atoms with E-state index in [0.717, 1.165) is 0 Å². The highest BCUT2D eigenvalue weighted by molar-refractivity contribution is 7.73. The van der Waals surface area contributed by atoms with Gasteiger partial charge in [-0.15, -0.1) is 0 Å². The van der Waals surface area contributed by atoms with E-state index in [1.807, 2.05) is 0 Å². The summed E-state index contributed by atoms with van der Waals surface area (Å²) in [6.07, 6.45) is 1.24. The Balaban J connectivity index is 1.64. The number of benzene rings is 4. The Labute approximate surface area is 171 Å². The SMILES string of the molecule is c1ccc([SiH](CCP(c2ccccc2)c2ccccc2)c2ccccc2)cc1. The van der Waals surface area contributed by atoms with Crippen molar-refractivity contribution in [1.82, 2.24) is 0 Å². The van der Waals surface area contributed by atoms with Gasteiger partial charge in [-0.25, -0.2) is 0 Å². The maximum absolute atomic E-state index is 2.33. The molecule has 0 bridgehead atoms. The summed E-state index contributed by atoms with van der Waals surface area (Å²) in [6, 6.07) is 45.8. The van der Waals surface area contributed by atoms with Gasteiger partial charge in [0.05, 0.1) is 0 Å². The van der Waals surface area contributed by atoms with E-state index in [0.29, 0.717) is 0 Å². The highest BCUT2D eigenvalue weighted by atomic mass is 31.1. The molecule has 0 aliphatic heterocycles. The van der Waals surface area contributed by atoms with Crippen LogP contribution in [0.3, 0.4) is 0 Å². The van der Waals surface area contributed by atoms with Crippen LogP contribution in [-0.4, -0.2) is 15.0 Å². The van der Waals surface area contributed by atoms with Crippen LogP contribution in [0.15, 0.2) is 121 Å². The lowest BCUT2D eigenvalue weighted by atomic mass is 10.4. The van der Waals surface area contributed by atoms with Gasteiger partial charge in [0.15, 0.2) is 0 Å². The molecule has 0 saturated carbocycles. The minimum absolute atomic E-state index is 0.329. The minimum Gasteiger partial charge on any atom is -0.0629 e. The lowest BCUT2D eigenvalue weighted by Crippen LogP contribution is -2.42. The van der Waals surface area contributed by atoms with Crippen LogP contribution in [0.4, 0.5) is 0 Å². The molecule has 28 heavy (non-hydrogen) atoms. The van der Waals surface area contributed by atoms with E-state index in [1.165, 1.54) is 22.8 Å². The molecule has 0 atom stereocenters. The summed E-state index contributed by atoms with van der Waals surface area (Å²) in [5, 5.41) is 6.06. The zero-order chi connectivity index (χ0) is 19.0. The summed E-state index contributed by atoms with van der Waals surface area (Å²) < 4.78 is 0. The summed E-state index contributed by atoms with van der Waals surface area (Å²) >= 11 is 0. The number of hydrogen-bond donors (Lipinski definition) is 0. The van der Waals surface area contributed by atoms with E-state index in [4.69, 9.17) is 0 Å². The molecule has 138 valence electrons. The fourth-order valence-corrected chi connectivity index (χ4v) is 10.1. The quantitative estimate of drug-likeness (QED) is 0.325. The highest BCUT2D eigenvalue weighted by Crippen LogP contribution is 2.34. The van der Waals surface area contributed by atoms with Crippen molar-refractivity contribution in [3.8, 4) is 0 Å². The monoisotopic (exact) mass is 396 g/mol. The molecule has 4 aromatic rings. The van der Waals surface area contributed by atoms with Gasteiger partial charge in [-0.05, 0) is 30.7 Å². The predicted molar refractivity (Wildman–Crippen MR) is 128 cm³/mol. The Kier molecular flexibility index (Phi) is 6.50. The molecule has 0 aromatic heterocycles. The third-order valence-electron chi connectivity index (χ3n) is 5.18. The van der Waals surface area contributed by atoms with Crippen LogP contribution < -0.4 is 21.0 Å². The summed E-state index contributed by atoms with van der Waals surface area (Å²) in [5.41, 5.74) is 0. The molecule has 2 heteroatoms. The van der Waals surface area contributed by atoms with Gasteiger partial charge in [0.2, 0.25) is 0 Å². The van der Waals surface area contributed by atoms with Crippen molar-refractivity contribution in [2.75, 3.05) is 6.16 Å². The van der Waals surface area contributed by atoms with Crippen molar-refractivity contribution < 1.29 is 0 Å². The highest BCUT2D eigenvalue weighted by Gasteiger charge is 2.20. The van der Waals surface area contributed by atoms with Crippen LogP contribution in [0.2, 0.25) is 6.04 Å². The van der Waals surface area contributed by atoms with E-state index < -0.39 is 8.80 Å². The van der Waals surface area contributed by atoms with E-state index in [9.17, 15) is 0 Å². The van der Waals surface area contributed by atoms with Crippen LogP contribution >= 0.6 is 7.92 Å². The normalized spacial score (nSPS) is 11.1. The van der Waals surface area contributed by atoms with Crippen LogP contribution in [0.25, 0.3) is 0 Å². The van der Waals surface area contributed by atoms with Crippen molar-refractivity contribution in [3.05, 3.63) is 121 Å². The molecule has 0 saturated heterocycles. The molecule has 0 amide bonds. The Morgan fingerprint density at radius 2 is 0.821 bits per heavy atom. The Bertz CT molecular complexity index is 794. The van der Waals surface area contributed by atoms with E-state index >= 15 is 0 Å². The zero-order valence-electron chi connectivity index (χ0n) is 16.0. The van der Waals surface area contributed by atoms with E-state index in [1.54, 1.807) is 10.4 Å². The van der Waals surface area contributed by atoms with E-state index in [-0.39, 0.29) is 7.92 Å². The van der Waals surface area contributed by atoms with Gasteiger partial charge in [0, 0.05) is 0 Å². The zero-order valence-corrected chi connectivity index (χ0v) is 18.0. The third-order valence-corrected chi connectivity index (χ3v) is 11.5. The van der Waals surface area contributed by atoms with Gasteiger partial charge in [-0.1, -0.05) is 132 Å². The smallest absolute Gasteiger partial charge is 0.0629 e. The first kappa shape index (κ1) is 18.9. The first-order valence-electron chi connectivity index (χ1n) is 9.89. The fourth-order valence-electron chi connectivity index (χ4n) is 3.78. The molecule has 4 rings (SSSR count). The largest absolute Gasteiger partial charge is 0.103 e. The number of hydrogen-bond acceptors (Lipinski definition) is 0. The van der Waals surface area contributed by atoms with Crippen LogP contribution in [0.1, 0.15) is 0 Å². The van der Waals surface area contributed by atoms with E-state index in [2.05, 4.69) is 121 Å². The molecule has 0 radical (unpaired) electrons. The van der Waals surface area contributed by atoms with Gasteiger partial charge in [-0.3, -0.25) is 0 Å². The molecule has 0 unspecified atom stereocenters. The van der Waals surface area contributed by atoms with Gasteiger partial charge in [-0.2, -0.15) is 0 Å². The van der Waals surface area contributed by atoms with Crippen molar-refractivity contribution in [2.24, 2.45) is 0 Å². The standard InChI is InChI=1S/C26H25PSi/c1-5-13-23(14-6-1)27(24-15-7-2-8-16-24)21-22-28(25-17-9-3-10-18-25)26-19-11-4-12-20-26/h1-20,28H,21-22H2. The summed E-state index contributed by atoms with van der Waals surface area (Å²) in [5.74, 6) is 0. The molecule has 0 aliphatic rings. The lowest BCUT2D eigenvalue weighted by molar-refractivity contribution is 1.44. The second kappa shape index (κ2) is 9.64. The Hall–Kier alpha value is -2.47. The topological polar surface area (TPSA) is 0 Å². The van der Waals surface area contributed by atoms with Crippen LogP contribution in [0.5, 0.6) is 0 Å². The first-order valence-corrected chi connectivity index (χ1v) is 13.4. The Morgan fingerprint density at radius 3 is 1.21 bits per heavy atom. The lowest BCUT2D eigenvalue weighted by Gasteiger charge is -2.22. The average molecular weight is 397 g/mol. The predicted octanol–water partition coefficient (Wildman–Crippen LogP) is 4.16. The second-order valence-corrected chi connectivity index (χ2v) is 12.3. The molecule has 0 aliphatic carbocycles. The third kappa shape index (κ3) is 4.68. The van der Waals surface area contributed by atoms with Crippen LogP contribution in [-0.2, 0) is 0 Å². The molecule has 4 aromatic carbocycles. The van der Waals surface area contributed by atoms with Crippen molar-refractivity contribution >= 4 is 37.7 Å². The van der Waals surface area contributed by atoms with Gasteiger partial charge in [0.25, 0.3) is 0 Å². The van der Waals surface area contributed by atoms with Crippen molar-refractivity contribution in [3.63, 3.8) is 0 Å². The number of rotatable bonds is 7. The summed E-state index contributed by atoms with van der Waals surface area (Å²) in [7, 11) is -1.57. The summed E-state index contributed by atoms with van der Waals surface area (Å²) in [6.45, 7) is 0. The molecule has 0 nitrogen and oxygen atoms in total. The van der Waals surface area contributed by atoms with Crippen molar-refractivity contribution in [2.45, 2.75) is 6.04 Å². The second-order valence-electron chi connectivity index (χ2n) is 6.99. The average Bonchev–Trinajstić information content (AvgIpc) is 2.79. The molecule has 0 fully saturated rings. The molecule has 0 N–H and O–H groups in total. The maximum Gasteiger partial charge on any atom is 0.103 e. The minimum atomic E-state index is -1.24. The first-order chi connectivity index (χ1) is 13.9. The molecule has 0 heterocycles. The van der Waals surface area contributed by atoms with Crippen molar-refractivity contribution in [1.29, 1.82) is 0 Å². The Morgan fingerprint density at radius 1 is 0.464 bits per heavy atom. The van der Waals surface area contributed by atoms with Gasteiger partial charge in [0.1, 0.15) is 8.80 Å². The van der Waals surface area contributed by atoms with Crippen LogP contribution in [0, 0.1) is 0 Å². The molecular weight excluding hydrogens is 371 g/mol. The fraction of sp³-hybridized carbons (Fsp3) is 0.0769. The summed E-state index contributed by atoms with van der Waals surface area (Å²) in [4.78, 5) is 0. The van der Waals surface area contributed by atoms with Gasteiger partial charge >= 0.3 is 0 Å². The van der Waals surface area contributed by atoms with Gasteiger partial charge < -0.3 is 0 Å². The molecule has 0 spiro atoms. The molecular formula is C26H25PSi.